The smallest absolute Gasteiger partial charge is 0.306 e. The molecule has 6 heteroatoms. The van der Waals surface area contributed by atoms with Gasteiger partial charge in [0, 0.05) is 11.6 Å². The molecule has 1 fully saturated rings. The van der Waals surface area contributed by atoms with E-state index in [9.17, 15) is 9.59 Å². The van der Waals surface area contributed by atoms with E-state index < -0.39 is 5.97 Å². The molecule has 6 nitrogen and oxygen atoms in total. The largest absolute Gasteiger partial charge is 0.481 e. The summed E-state index contributed by atoms with van der Waals surface area (Å²) < 4.78 is 10.4. The number of ether oxygens (including phenoxy) is 2. The molecule has 1 aromatic carbocycles. The molecule has 2 aliphatic rings. The first-order valence-corrected chi connectivity index (χ1v) is 6.57. The van der Waals surface area contributed by atoms with Crippen molar-refractivity contribution in [3.63, 3.8) is 0 Å². The van der Waals surface area contributed by atoms with E-state index in [0.717, 1.165) is 0 Å². The third kappa shape index (κ3) is 2.41. The Bertz CT molecular complexity index is 556. The third-order valence-corrected chi connectivity index (χ3v) is 3.75. The first kappa shape index (κ1) is 12.8. The Balaban J connectivity index is 1.64. The Morgan fingerprint density at radius 2 is 2.00 bits per heavy atom. The fourth-order valence-electron chi connectivity index (χ4n) is 2.64. The normalized spacial score (nSPS) is 23.6. The van der Waals surface area contributed by atoms with Gasteiger partial charge in [0.2, 0.25) is 6.79 Å². The maximum atomic E-state index is 12.1. The van der Waals surface area contributed by atoms with Crippen LogP contribution in [0.4, 0.5) is 0 Å². The van der Waals surface area contributed by atoms with Gasteiger partial charge in [-0.1, -0.05) is 0 Å². The van der Waals surface area contributed by atoms with Gasteiger partial charge in [-0.25, -0.2) is 0 Å². The Labute approximate surface area is 115 Å². The minimum absolute atomic E-state index is 0.0750. The molecular weight excluding hydrogens is 262 g/mol. The number of amides is 1. The lowest BCUT2D eigenvalue weighted by Crippen LogP contribution is -2.33. The molecule has 2 unspecified atom stereocenters. The molecule has 1 amide bonds. The molecule has 3 rings (SSSR count). The Kier molecular flexibility index (Phi) is 3.22. The highest BCUT2D eigenvalue weighted by Gasteiger charge is 2.30. The molecule has 0 bridgehead atoms. The number of fused-ring (bicyclic) bond motifs is 1. The average molecular weight is 277 g/mol. The van der Waals surface area contributed by atoms with Gasteiger partial charge >= 0.3 is 5.97 Å². The second-order valence-corrected chi connectivity index (χ2v) is 5.09. The van der Waals surface area contributed by atoms with Gasteiger partial charge in [-0.2, -0.15) is 0 Å². The maximum absolute atomic E-state index is 12.1. The van der Waals surface area contributed by atoms with Crippen molar-refractivity contribution in [2.75, 3.05) is 6.79 Å². The summed E-state index contributed by atoms with van der Waals surface area (Å²) in [6, 6.07) is 4.94. The number of benzene rings is 1. The second-order valence-electron chi connectivity index (χ2n) is 5.09. The van der Waals surface area contributed by atoms with Crippen molar-refractivity contribution in [1.82, 2.24) is 5.32 Å². The second kappa shape index (κ2) is 5.03. The SMILES string of the molecule is O=C(NC1CCC(C(=O)O)C1)c1ccc2c(c1)OCO2. The summed E-state index contributed by atoms with van der Waals surface area (Å²) >= 11 is 0. The van der Waals surface area contributed by atoms with Crippen LogP contribution >= 0.6 is 0 Å². The quantitative estimate of drug-likeness (QED) is 0.872. The van der Waals surface area contributed by atoms with Crippen molar-refractivity contribution in [2.24, 2.45) is 5.92 Å². The average Bonchev–Trinajstić information content (AvgIpc) is 3.05. The highest BCUT2D eigenvalue weighted by atomic mass is 16.7. The standard InChI is InChI=1S/C14H15NO5/c16-13(15-10-3-1-9(5-10)14(17)18)8-2-4-11-12(6-8)20-7-19-11/h2,4,6,9-10H,1,3,5,7H2,(H,15,16)(H,17,18). The van der Waals surface area contributed by atoms with Crippen LogP contribution in [0.3, 0.4) is 0 Å². The maximum Gasteiger partial charge on any atom is 0.306 e. The predicted molar refractivity (Wildman–Crippen MR) is 68.8 cm³/mol. The zero-order valence-electron chi connectivity index (χ0n) is 10.8. The lowest BCUT2D eigenvalue weighted by Gasteiger charge is -2.12. The van der Waals surface area contributed by atoms with Crippen LogP contribution in [0, 0.1) is 5.92 Å². The molecule has 0 saturated heterocycles. The summed E-state index contributed by atoms with van der Waals surface area (Å²) in [5.74, 6) is -0.151. The number of nitrogens with one attached hydrogen (secondary N) is 1. The first-order valence-electron chi connectivity index (χ1n) is 6.57. The molecule has 1 aliphatic carbocycles. The van der Waals surface area contributed by atoms with Crippen molar-refractivity contribution in [1.29, 1.82) is 0 Å². The summed E-state index contributed by atoms with van der Waals surface area (Å²) in [5.41, 5.74) is 0.494. The van der Waals surface area contributed by atoms with Crippen molar-refractivity contribution in [3.8, 4) is 11.5 Å². The fourth-order valence-corrected chi connectivity index (χ4v) is 2.64. The molecule has 0 aromatic heterocycles. The van der Waals surface area contributed by atoms with Crippen LogP contribution in [-0.2, 0) is 4.79 Å². The summed E-state index contributed by atoms with van der Waals surface area (Å²) in [6.45, 7) is 0.170. The van der Waals surface area contributed by atoms with E-state index in [2.05, 4.69) is 5.32 Å². The number of rotatable bonds is 3. The van der Waals surface area contributed by atoms with Crippen LogP contribution in [0.25, 0.3) is 0 Å². The van der Waals surface area contributed by atoms with E-state index >= 15 is 0 Å². The van der Waals surface area contributed by atoms with E-state index in [4.69, 9.17) is 14.6 Å². The minimum atomic E-state index is -0.787. The monoisotopic (exact) mass is 277 g/mol. The lowest BCUT2D eigenvalue weighted by atomic mass is 10.1. The zero-order valence-corrected chi connectivity index (χ0v) is 10.8. The van der Waals surface area contributed by atoms with Crippen LogP contribution < -0.4 is 14.8 Å². The predicted octanol–water partition coefficient (Wildman–Crippen LogP) is 1.40. The zero-order chi connectivity index (χ0) is 14.1. The molecule has 1 heterocycles. The molecular formula is C14H15NO5. The first-order chi connectivity index (χ1) is 9.63. The molecule has 0 spiro atoms. The van der Waals surface area contributed by atoms with Gasteiger partial charge in [0.05, 0.1) is 5.92 Å². The van der Waals surface area contributed by atoms with E-state index in [0.29, 0.717) is 36.3 Å². The number of aliphatic carboxylic acids is 1. The van der Waals surface area contributed by atoms with Gasteiger partial charge in [0.1, 0.15) is 0 Å². The fraction of sp³-hybridized carbons (Fsp3) is 0.429. The third-order valence-electron chi connectivity index (χ3n) is 3.75. The number of hydrogen-bond acceptors (Lipinski definition) is 4. The molecule has 0 radical (unpaired) electrons. The van der Waals surface area contributed by atoms with E-state index in [1.54, 1.807) is 18.2 Å². The van der Waals surface area contributed by atoms with Crippen LogP contribution in [0.5, 0.6) is 11.5 Å². The highest BCUT2D eigenvalue weighted by Crippen LogP contribution is 2.32. The van der Waals surface area contributed by atoms with Gasteiger partial charge in [-0.3, -0.25) is 9.59 Å². The number of carbonyl (C=O) groups excluding carboxylic acids is 1. The van der Waals surface area contributed by atoms with Crippen molar-refractivity contribution < 1.29 is 24.2 Å². The molecule has 2 N–H and O–H groups in total. The summed E-state index contributed by atoms with van der Waals surface area (Å²) in [6.07, 6.45) is 1.81. The van der Waals surface area contributed by atoms with E-state index in [1.807, 2.05) is 0 Å². The van der Waals surface area contributed by atoms with Crippen LogP contribution in [0.2, 0.25) is 0 Å². The van der Waals surface area contributed by atoms with Crippen LogP contribution in [0.15, 0.2) is 18.2 Å². The van der Waals surface area contributed by atoms with Crippen molar-refractivity contribution >= 4 is 11.9 Å². The van der Waals surface area contributed by atoms with Gasteiger partial charge in [0.15, 0.2) is 11.5 Å². The minimum Gasteiger partial charge on any atom is -0.481 e. The van der Waals surface area contributed by atoms with E-state index in [-0.39, 0.29) is 24.7 Å². The number of carboxylic acid groups (broad SMARTS) is 1. The number of carboxylic acids is 1. The molecule has 1 aromatic rings. The molecule has 2 atom stereocenters. The Morgan fingerprint density at radius 1 is 1.20 bits per heavy atom. The summed E-state index contributed by atoms with van der Waals surface area (Å²) in [5, 5.41) is 11.8. The highest BCUT2D eigenvalue weighted by molar-refractivity contribution is 5.95. The van der Waals surface area contributed by atoms with Crippen molar-refractivity contribution in [3.05, 3.63) is 23.8 Å². The van der Waals surface area contributed by atoms with Gasteiger partial charge < -0.3 is 19.9 Å². The lowest BCUT2D eigenvalue weighted by molar-refractivity contribution is -0.141. The topological polar surface area (TPSA) is 84.9 Å². The summed E-state index contributed by atoms with van der Waals surface area (Å²) in [7, 11) is 0. The van der Waals surface area contributed by atoms with Crippen molar-refractivity contribution in [2.45, 2.75) is 25.3 Å². The molecule has 20 heavy (non-hydrogen) atoms. The Morgan fingerprint density at radius 3 is 2.75 bits per heavy atom. The van der Waals surface area contributed by atoms with Gasteiger partial charge in [-0.15, -0.1) is 0 Å². The molecule has 1 saturated carbocycles. The van der Waals surface area contributed by atoms with E-state index in [1.165, 1.54) is 0 Å². The molecule has 106 valence electrons. The number of carbonyl (C=O) groups is 2. The van der Waals surface area contributed by atoms with Crippen LogP contribution in [-0.4, -0.2) is 29.8 Å². The number of hydrogen-bond donors (Lipinski definition) is 2. The van der Waals surface area contributed by atoms with Crippen LogP contribution in [0.1, 0.15) is 29.6 Å². The molecule has 1 aliphatic heterocycles. The Hall–Kier alpha value is -2.24. The van der Waals surface area contributed by atoms with Gasteiger partial charge in [0.25, 0.3) is 5.91 Å². The van der Waals surface area contributed by atoms with Gasteiger partial charge in [-0.05, 0) is 37.5 Å². The summed E-state index contributed by atoms with van der Waals surface area (Å²) in [4.78, 5) is 23.0.